The van der Waals surface area contributed by atoms with Gasteiger partial charge in [0.2, 0.25) is 0 Å². The third kappa shape index (κ3) is 7.31. The number of rotatable bonds is 4. The zero-order valence-electron chi connectivity index (χ0n) is 22.5. The van der Waals surface area contributed by atoms with Crippen molar-refractivity contribution in [1.82, 2.24) is 14.7 Å². The summed E-state index contributed by atoms with van der Waals surface area (Å²) in [5.41, 5.74) is 4.34. The highest BCUT2D eigenvalue weighted by Crippen LogP contribution is 2.25. The molecule has 1 saturated heterocycles. The fourth-order valence-corrected chi connectivity index (χ4v) is 5.19. The summed E-state index contributed by atoms with van der Waals surface area (Å²) in [7, 11) is 0. The molecule has 2 aromatic rings. The molecule has 2 aliphatic rings. The van der Waals surface area contributed by atoms with Crippen LogP contribution in [0.2, 0.25) is 0 Å². The largest absolute Gasteiger partial charge is 0.491 e. The second-order valence-electron chi connectivity index (χ2n) is 10.8. The van der Waals surface area contributed by atoms with Crippen molar-refractivity contribution >= 4 is 5.91 Å². The van der Waals surface area contributed by atoms with Gasteiger partial charge in [0, 0.05) is 63.8 Å². The summed E-state index contributed by atoms with van der Waals surface area (Å²) >= 11 is 0. The maximum atomic E-state index is 13.4. The number of amides is 1. The van der Waals surface area contributed by atoms with Crippen molar-refractivity contribution in [2.45, 2.75) is 46.7 Å². The first kappa shape index (κ1) is 26.6. The highest BCUT2D eigenvalue weighted by molar-refractivity contribution is 5.94. The monoisotopic (exact) mass is 493 g/mol. The first-order chi connectivity index (χ1) is 17.4. The number of nitrogens with zero attached hydrogens (tertiary/aromatic N) is 3. The molecule has 0 unspecified atom stereocenters. The topological polar surface area (TPSA) is 45.3 Å². The van der Waals surface area contributed by atoms with Gasteiger partial charge in [-0.15, -0.1) is 0 Å². The molecular weight excluding hydrogens is 450 g/mol. The summed E-state index contributed by atoms with van der Waals surface area (Å²) in [5, 5.41) is 0. The highest BCUT2D eigenvalue weighted by atomic mass is 16.5. The van der Waals surface area contributed by atoms with Crippen LogP contribution in [0.3, 0.4) is 0 Å². The molecule has 2 bridgehead atoms. The van der Waals surface area contributed by atoms with Crippen molar-refractivity contribution in [1.29, 1.82) is 0 Å². The maximum absolute atomic E-state index is 13.4. The molecule has 1 fully saturated rings. The zero-order chi connectivity index (χ0) is 25.5. The van der Waals surface area contributed by atoms with Gasteiger partial charge in [-0.05, 0) is 54.7 Å². The summed E-state index contributed by atoms with van der Waals surface area (Å²) in [6.45, 7) is 17.0. The maximum Gasteiger partial charge on any atom is 0.253 e. The van der Waals surface area contributed by atoms with E-state index in [1.165, 1.54) is 11.1 Å². The molecule has 0 aliphatic carbocycles. The molecule has 1 amide bonds. The average Bonchev–Trinajstić information content (AvgIpc) is 2.85. The number of carbonyl (C=O) groups excluding carboxylic acids is 1. The van der Waals surface area contributed by atoms with E-state index in [1.807, 2.05) is 23.1 Å². The number of ether oxygens (including phenoxy) is 2. The van der Waals surface area contributed by atoms with Crippen LogP contribution in [0, 0.1) is 5.92 Å². The quantitative estimate of drug-likeness (QED) is 0.635. The Morgan fingerprint density at radius 3 is 2.42 bits per heavy atom. The Morgan fingerprint density at radius 1 is 0.889 bits per heavy atom. The molecule has 2 aliphatic heterocycles. The third-order valence-electron chi connectivity index (χ3n) is 7.09. The van der Waals surface area contributed by atoms with Gasteiger partial charge >= 0.3 is 0 Å². The minimum Gasteiger partial charge on any atom is -0.491 e. The van der Waals surface area contributed by atoms with E-state index in [1.54, 1.807) is 0 Å². The number of hydrogen-bond donors (Lipinski definition) is 0. The van der Waals surface area contributed by atoms with Gasteiger partial charge in [0.15, 0.2) is 0 Å². The fraction of sp³-hybridized carbons (Fsp3) is 0.567. The summed E-state index contributed by atoms with van der Waals surface area (Å²) in [6, 6.07) is 15.3. The molecule has 0 aromatic heterocycles. The third-order valence-corrected chi connectivity index (χ3v) is 7.09. The fourth-order valence-electron chi connectivity index (χ4n) is 5.19. The van der Waals surface area contributed by atoms with Crippen LogP contribution >= 0.6 is 0 Å². The minimum absolute atomic E-state index is 0.113. The van der Waals surface area contributed by atoms with Crippen LogP contribution in [0.4, 0.5) is 0 Å². The average molecular weight is 494 g/mol. The second-order valence-corrected chi connectivity index (χ2v) is 10.8. The van der Waals surface area contributed by atoms with E-state index in [4.69, 9.17) is 9.47 Å². The number of piperazine rings is 1. The highest BCUT2D eigenvalue weighted by Gasteiger charge is 2.24. The molecule has 0 atom stereocenters. The Morgan fingerprint density at radius 2 is 1.67 bits per heavy atom. The molecule has 4 rings (SSSR count). The number of benzene rings is 2. The minimum atomic E-state index is 0.113. The van der Waals surface area contributed by atoms with Crippen LogP contribution in [0.25, 0.3) is 0 Å². The Balaban J connectivity index is 1.55. The molecule has 0 saturated carbocycles. The van der Waals surface area contributed by atoms with Gasteiger partial charge in [-0.3, -0.25) is 14.6 Å². The van der Waals surface area contributed by atoms with Crippen LogP contribution in [0.1, 0.15) is 54.7 Å². The van der Waals surface area contributed by atoms with E-state index < -0.39 is 0 Å². The molecule has 36 heavy (non-hydrogen) atoms. The summed E-state index contributed by atoms with van der Waals surface area (Å²) in [5.74, 6) is 1.55. The van der Waals surface area contributed by atoms with E-state index in [0.29, 0.717) is 31.8 Å². The Kier molecular flexibility index (Phi) is 9.41. The predicted molar refractivity (Wildman–Crippen MR) is 145 cm³/mol. The summed E-state index contributed by atoms with van der Waals surface area (Å²) in [6.07, 6.45) is 0.733. The predicted octanol–water partition coefficient (Wildman–Crippen LogP) is 4.31. The van der Waals surface area contributed by atoms with E-state index in [-0.39, 0.29) is 5.91 Å². The molecule has 196 valence electrons. The lowest BCUT2D eigenvalue weighted by Gasteiger charge is -2.37. The summed E-state index contributed by atoms with van der Waals surface area (Å²) < 4.78 is 12.0. The van der Waals surface area contributed by atoms with Crippen LogP contribution < -0.4 is 4.74 Å². The zero-order valence-corrected chi connectivity index (χ0v) is 22.5. The van der Waals surface area contributed by atoms with Crippen LogP contribution in [0.5, 0.6) is 5.75 Å². The van der Waals surface area contributed by atoms with Crippen molar-refractivity contribution in [3.63, 3.8) is 0 Å². The van der Waals surface area contributed by atoms with Gasteiger partial charge in [-0.1, -0.05) is 38.1 Å². The molecule has 0 radical (unpaired) electrons. The van der Waals surface area contributed by atoms with Gasteiger partial charge in [-0.2, -0.15) is 0 Å². The van der Waals surface area contributed by atoms with Gasteiger partial charge in [0.1, 0.15) is 12.4 Å². The van der Waals surface area contributed by atoms with Crippen molar-refractivity contribution in [3.8, 4) is 5.75 Å². The molecule has 0 N–H and O–H groups in total. The normalized spacial score (nSPS) is 18.6. The second kappa shape index (κ2) is 12.7. The number of hydrogen-bond acceptors (Lipinski definition) is 5. The Labute approximate surface area is 217 Å². The van der Waals surface area contributed by atoms with E-state index in [2.05, 4.69) is 61.8 Å². The van der Waals surface area contributed by atoms with Crippen LogP contribution in [-0.2, 0) is 17.7 Å². The number of carbonyl (C=O) groups is 1. The van der Waals surface area contributed by atoms with Gasteiger partial charge in [-0.25, -0.2) is 0 Å². The van der Waals surface area contributed by atoms with E-state index in [9.17, 15) is 4.79 Å². The molecular formula is C30H43N3O3. The van der Waals surface area contributed by atoms with Gasteiger partial charge in [0.05, 0.1) is 13.2 Å². The molecule has 6 heteroatoms. The Hall–Kier alpha value is -2.41. The first-order valence-corrected chi connectivity index (χ1v) is 13.6. The Bertz CT molecular complexity index is 999. The van der Waals surface area contributed by atoms with Crippen molar-refractivity contribution in [3.05, 3.63) is 64.7 Å². The standard InChI is InChI=1S/C30H43N3O3/c1-23(2)21-31-14-15-35-16-17-36-29-9-8-27(30(34)33-12-10-32(11-13-33)24(3)4)20-28(29)19-25-6-5-7-26(18-25)22-31/h5-9,18,20,23-24H,10-17,19,21-22H2,1-4H3. The first-order valence-electron chi connectivity index (χ1n) is 13.6. The van der Waals surface area contributed by atoms with Gasteiger partial charge < -0.3 is 14.4 Å². The van der Waals surface area contributed by atoms with Crippen molar-refractivity contribution in [2.75, 3.05) is 59.1 Å². The van der Waals surface area contributed by atoms with Crippen molar-refractivity contribution in [2.24, 2.45) is 5.92 Å². The molecule has 0 spiro atoms. The SMILES string of the molecule is CC(C)CN1CCOCCOc2ccc(C(=O)N3CCN(C(C)C)CC3)cc2Cc2cccc(c2)C1. The van der Waals surface area contributed by atoms with Gasteiger partial charge in [0.25, 0.3) is 5.91 Å². The summed E-state index contributed by atoms with van der Waals surface area (Å²) in [4.78, 5) is 20.3. The molecule has 2 heterocycles. The molecule has 6 nitrogen and oxygen atoms in total. The number of fused-ring (bicyclic) bond motifs is 3. The van der Waals surface area contributed by atoms with Crippen LogP contribution in [0.15, 0.2) is 42.5 Å². The van der Waals surface area contributed by atoms with E-state index >= 15 is 0 Å². The lowest BCUT2D eigenvalue weighted by molar-refractivity contribution is 0.0595. The smallest absolute Gasteiger partial charge is 0.253 e. The van der Waals surface area contributed by atoms with E-state index in [0.717, 1.165) is 69.1 Å². The lowest BCUT2D eigenvalue weighted by Crippen LogP contribution is -2.50. The molecule has 2 aromatic carbocycles. The lowest BCUT2D eigenvalue weighted by atomic mass is 9.99. The van der Waals surface area contributed by atoms with Crippen molar-refractivity contribution < 1.29 is 14.3 Å². The van der Waals surface area contributed by atoms with Crippen LogP contribution in [-0.4, -0.2) is 85.7 Å².